The zero-order valence-electron chi connectivity index (χ0n) is 19.4. The van der Waals surface area contributed by atoms with Crippen LogP contribution in [0.3, 0.4) is 0 Å². The third-order valence-corrected chi connectivity index (χ3v) is 6.74. The van der Waals surface area contributed by atoms with E-state index in [1.165, 1.54) is 4.90 Å². The average molecular weight is 475 g/mol. The van der Waals surface area contributed by atoms with E-state index < -0.39 is 11.9 Å². The topological polar surface area (TPSA) is 93.2 Å². The van der Waals surface area contributed by atoms with Crippen LogP contribution >= 0.6 is 0 Å². The van der Waals surface area contributed by atoms with Crippen LogP contribution in [0.5, 0.6) is 11.5 Å². The summed E-state index contributed by atoms with van der Waals surface area (Å²) in [6.07, 6.45) is 5.12. The molecule has 2 fully saturated rings. The van der Waals surface area contributed by atoms with Crippen molar-refractivity contribution in [1.29, 1.82) is 0 Å². The second-order valence-electron chi connectivity index (χ2n) is 8.91. The van der Waals surface area contributed by atoms with Crippen molar-refractivity contribution in [3.63, 3.8) is 0 Å². The van der Waals surface area contributed by atoms with Gasteiger partial charge < -0.3 is 14.4 Å². The van der Waals surface area contributed by atoms with Crippen LogP contribution in [0.2, 0.25) is 0 Å². The monoisotopic (exact) mass is 474 g/mol. The molecule has 0 aromatic heterocycles. The Kier molecular flexibility index (Phi) is 6.11. The fourth-order valence-electron chi connectivity index (χ4n) is 4.92. The number of rotatable bonds is 6. The molecule has 0 N–H and O–H groups in total. The molecule has 0 unspecified atom stereocenters. The van der Waals surface area contributed by atoms with Crippen molar-refractivity contribution in [1.82, 2.24) is 0 Å². The quantitative estimate of drug-likeness (QED) is 0.275. The Morgan fingerprint density at radius 2 is 1.43 bits per heavy atom. The molecule has 35 heavy (non-hydrogen) atoms. The number of benzene rings is 2. The molecule has 3 amide bonds. The van der Waals surface area contributed by atoms with Crippen molar-refractivity contribution in [2.75, 3.05) is 23.0 Å². The molecule has 5 rings (SSSR count). The lowest BCUT2D eigenvalue weighted by Crippen LogP contribution is -2.30. The Morgan fingerprint density at radius 1 is 0.857 bits per heavy atom. The van der Waals surface area contributed by atoms with Crippen LogP contribution in [0.1, 0.15) is 26.2 Å². The van der Waals surface area contributed by atoms with Gasteiger partial charge in [-0.3, -0.25) is 24.1 Å². The Labute approximate surface area is 203 Å². The number of nitrogens with zero attached hydrogens (tertiary/aromatic N) is 2. The van der Waals surface area contributed by atoms with Gasteiger partial charge in [0, 0.05) is 18.7 Å². The molecule has 8 heteroatoms. The molecule has 180 valence electrons. The molecule has 0 spiro atoms. The Morgan fingerprint density at radius 3 is 2.03 bits per heavy atom. The summed E-state index contributed by atoms with van der Waals surface area (Å²) in [6, 6.07) is 13.5. The Hall–Kier alpha value is -3.94. The van der Waals surface area contributed by atoms with Gasteiger partial charge in [-0.2, -0.15) is 0 Å². The van der Waals surface area contributed by atoms with Crippen molar-refractivity contribution in [3.05, 3.63) is 60.7 Å². The minimum absolute atomic E-state index is 0.0672. The highest BCUT2D eigenvalue weighted by molar-refractivity contribution is 6.22. The average Bonchev–Trinajstić information content (AvgIpc) is 3.38. The van der Waals surface area contributed by atoms with E-state index >= 15 is 0 Å². The smallest absolute Gasteiger partial charge is 0.316 e. The van der Waals surface area contributed by atoms with Crippen LogP contribution in [-0.4, -0.2) is 36.8 Å². The van der Waals surface area contributed by atoms with Crippen LogP contribution in [0.15, 0.2) is 60.7 Å². The van der Waals surface area contributed by atoms with Crippen molar-refractivity contribution in [3.8, 4) is 11.5 Å². The largest absolute Gasteiger partial charge is 0.494 e. The number of fused-ring (bicyclic) bond motifs is 1. The lowest BCUT2D eigenvalue weighted by Gasteiger charge is -2.17. The van der Waals surface area contributed by atoms with Gasteiger partial charge in [0.1, 0.15) is 11.5 Å². The van der Waals surface area contributed by atoms with Gasteiger partial charge in [-0.1, -0.05) is 12.2 Å². The number of anilines is 2. The van der Waals surface area contributed by atoms with E-state index in [0.29, 0.717) is 36.6 Å². The maximum atomic E-state index is 12.8. The Bertz CT molecular complexity index is 1160. The number of ether oxygens (including phenoxy) is 2. The lowest BCUT2D eigenvalue weighted by atomic mass is 9.85. The zero-order valence-corrected chi connectivity index (χ0v) is 19.4. The van der Waals surface area contributed by atoms with E-state index in [0.717, 1.165) is 5.75 Å². The maximum absolute atomic E-state index is 12.8. The van der Waals surface area contributed by atoms with Crippen LogP contribution in [0, 0.1) is 17.8 Å². The van der Waals surface area contributed by atoms with Crippen LogP contribution in [0.25, 0.3) is 0 Å². The van der Waals surface area contributed by atoms with Gasteiger partial charge in [-0.05, 0) is 68.3 Å². The summed E-state index contributed by atoms with van der Waals surface area (Å²) < 4.78 is 10.9. The van der Waals surface area contributed by atoms with Crippen molar-refractivity contribution < 1.29 is 28.7 Å². The Balaban J connectivity index is 1.22. The highest BCUT2D eigenvalue weighted by atomic mass is 16.5. The van der Waals surface area contributed by atoms with Gasteiger partial charge >= 0.3 is 5.97 Å². The van der Waals surface area contributed by atoms with Crippen molar-refractivity contribution >= 4 is 35.1 Å². The number of allylic oxidation sites excluding steroid dienone is 2. The molecule has 2 heterocycles. The molecule has 0 bridgehead atoms. The maximum Gasteiger partial charge on any atom is 0.316 e. The first-order chi connectivity index (χ1) is 17.0. The summed E-state index contributed by atoms with van der Waals surface area (Å²) in [5.74, 6) is -1.20. The molecule has 0 saturated carbocycles. The van der Waals surface area contributed by atoms with Crippen LogP contribution in [-0.2, 0) is 19.2 Å². The molecule has 2 saturated heterocycles. The first kappa shape index (κ1) is 22.8. The van der Waals surface area contributed by atoms with Gasteiger partial charge in [0.15, 0.2) is 0 Å². The summed E-state index contributed by atoms with van der Waals surface area (Å²) in [6.45, 7) is 2.69. The van der Waals surface area contributed by atoms with Crippen molar-refractivity contribution in [2.24, 2.45) is 17.8 Å². The van der Waals surface area contributed by atoms with Crippen LogP contribution < -0.4 is 19.3 Å². The summed E-state index contributed by atoms with van der Waals surface area (Å²) >= 11 is 0. The normalized spacial score (nSPS) is 23.6. The zero-order chi connectivity index (χ0) is 24.5. The molecule has 8 nitrogen and oxygen atoms in total. The number of amides is 3. The molecule has 2 aliphatic heterocycles. The van der Waals surface area contributed by atoms with Crippen molar-refractivity contribution in [2.45, 2.75) is 26.2 Å². The van der Waals surface area contributed by atoms with E-state index in [9.17, 15) is 19.2 Å². The van der Waals surface area contributed by atoms with Gasteiger partial charge in [-0.25, -0.2) is 0 Å². The first-order valence-corrected chi connectivity index (χ1v) is 11.8. The third kappa shape index (κ3) is 4.32. The minimum atomic E-state index is -0.592. The summed E-state index contributed by atoms with van der Waals surface area (Å²) in [4.78, 5) is 53.6. The number of imide groups is 1. The van der Waals surface area contributed by atoms with E-state index in [4.69, 9.17) is 9.47 Å². The molecule has 3 aliphatic rings. The molecule has 3 atom stereocenters. The van der Waals surface area contributed by atoms with E-state index in [1.54, 1.807) is 53.4 Å². The third-order valence-electron chi connectivity index (χ3n) is 6.74. The molecule has 2 aromatic rings. The summed E-state index contributed by atoms with van der Waals surface area (Å²) in [5.41, 5.74) is 1.17. The highest BCUT2D eigenvalue weighted by Gasteiger charge is 2.47. The van der Waals surface area contributed by atoms with Gasteiger partial charge in [0.05, 0.1) is 30.0 Å². The standard InChI is InChI=1S/C27H26N2O6/c1-2-34-20-11-7-18(8-12-20)28-16-17(15-24(28)30)27(33)35-21-13-9-19(10-14-21)29-25(31)22-5-3-4-6-23(22)26(29)32/h3-4,7-14,17,22-23H,2,5-6,15-16H2,1H3/t17-,22-,23+/m0/s1. The fraction of sp³-hybridized carbons (Fsp3) is 0.333. The predicted molar refractivity (Wildman–Crippen MR) is 128 cm³/mol. The number of hydrogen-bond donors (Lipinski definition) is 0. The number of hydrogen-bond acceptors (Lipinski definition) is 6. The van der Waals surface area contributed by atoms with E-state index in [2.05, 4.69) is 0 Å². The predicted octanol–water partition coefficient (Wildman–Crippen LogP) is 3.50. The molecular weight excluding hydrogens is 448 g/mol. The summed E-state index contributed by atoms with van der Waals surface area (Å²) in [7, 11) is 0. The van der Waals surface area contributed by atoms with Gasteiger partial charge in [0.2, 0.25) is 17.7 Å². The molecule has 1 aliphatic carbocycles. The molecule has 0 radical (unpaired) electrons. The van der Waals surface area contributed by atoms with E-state index in [1.807, 2.05) is 19.1 Å². The second-order valence-corrected chi connectivity index (χ2v) is 8.91. The number of carbonyl (C=O) groups is 4. The number of carbonyl (C=O) groups excluding carboxylic acids is 4. The molecule has 2 aromatic carbocycles. The second kappa shape index (κ2) is 9.37. The van der Waals surface area contributed by atoms with Gasteiger partial charge in [-0.15, -0.1) is 0 Å². The van der Waals surface area contributed by atoms with Crippen LogP contribution in [0.4, 0.5) is 11.4 Å². The van der Waals surface area contributed by atoms with Gasteiger partial charge in [0.25, 0.3) is 0 Å². The lowest BCUT2D eigenvalue weighted by molar-refractivity contribution is -0.139. The minimum Gasteiger partial charge on any atom is -0.494 e. The van der Waals surface area contributed by atoms with E-state index in [-0.39, 0.29) is 42.5 Å². The number of esters is 1. The molecular formula is C27H26N2O6. The first-order valence-electron chi connectivity index (χ1n) is 11.8. The fourth-order valence-corrected chi connectivity index (χ4v) is 4.92. The highest BCUT2D eigenvalue weighted by Crippen LogP contribution is 2.38. The SMILES string of the molecule is CCOc1ccc(N2C[C@@H](C(=O)Oc3ccc(N4C(=O)[C@H]5CC=CC[C@H]5C4=O)cc3)CC2=O)cc1. The summed E-state index contributed by atoms with van der Waals surface area (Å²) in [5, 5.41) is 0.